The molecule has 6 N–H and O–H groups in total. The second kappa shape index (κ2) is 14.9. The highest BCUT2D eigenvalue weighted by molar-refractivity contribution is 5.95. The normalized spacial score (nSPS) is 19.0. The van der Waals surface area contributed by atoms with Crippen molar-refractivity contribution < 1.29 is 18.7 Å². The molecule has 2 aliphatic carbocycles. The van der Waals surface area contributed by atoms with Gasteiger partial charge in [0.2, 0.25) is 17.8 Å². The SMILES string of the molecule is NCCOCCOCCNC(=O)c1cccc(Nc2nc(NCc3ccc(F)cc3)nc(NC3CC4CCC3C4)n2)c1. The minimum atomic E-state index is -0.281. The summed E-state index contributed by atoms with van der Waals surface area (Å²) in [7, 11) is 0. The molecule has 12 heteroatoms. The zero-order valence-corrected chi connectivity index (χ0v) is 23.7. The van der Waals surface area contributed by atoms with Gasteiger partial charge in [-0.25, -0.2) is 4.39 Å². The third-order valence-electron chi connectivity index (χ3n) is 7.60. The Hall–Kier alpha value is -3.87. The molecule has 0 aliphatic heterocycles. The summed E-state index contributed by atoms with van der Waals surface area (Å²) in [5.41, 5.74) is 7.44. The molecule has 5 rings (SSSR count). The maximum atomic E-state index is 13.3. The molecule has 11 nitrogen and oxygen atoms in total. The number of benzene rings is 2. The average molecular weight is 579 g/mol. The molecule has 2 saturated carbocycles. The van der Waals surface area contributed by atoms with Crippen LogP contribution < -0.4 is 27.0 Å². The number of ether oxygens (including phenoxy) is 2. The highest BCUT2D eigenvalue weighted by Crippen LogP contribution is 2.45. The molecule has 0 spiro atoms. The van der Waals surface area contributed by atoms with Crippen LogP contribution >= 0.6 is 0 Å². The summed E-state index contributed by atoms with van der Waals surface area (Å²) in [6.45, 7) is 3.08. The lowest BCUT2D eigenvalue weighted by atomic mass is 9.95. The number of anilines is 4. The van der Waals surface area contributed by atoms with Crippen LogP contribution in [0, 0.1) is 17.7 Å². The lowest BCUT2D eigenvalue weighted by Crippen LogP contribution is -2.27. The molecule has 3 unspecified atom stereocenters. The molecular weight excluding hydrogens is 539 g/mol. The van der Waals surface area contributed by atoms with Crippen molar-refractivity contribution in [1.29, 1.82) is 0 Å². The van der Waals surface area contributed by atoms with Crippen LogP contribution in [0.1, 0.15) is 41.6 Å². The Morgan fingerprint density at radius 3 is 2.48 bits per heavy atom. The highest BCUT2D eigenvalue weighted by atomic mass is 19.1. The van der Waals surface area contributed by atoms with Gasteiger partial charge < -0.3 is 36.5 Å². The van der Waals surface area contributed by atoms with Gasteiger partial charge >= 0.3 is 0 Å². The van der Waals surface area contributed by atoms with E-state index in [0.717, 1.165) is 17.9 Å². The summed E-state index contributed by atoms with van der Waals surface area (Å²) in [6, 6.07) is 13.8. The van der Waals surface area contributed by atoms with Crippen molar-refractivity contribution in [2.75, 3.05) is 55.5 Å². The van der Waals surface area contributed by atoms with E-state index in [1.165, 1.54) is 31.4 Å². The zero-order chi connectivity index (χ0) is 29.1. The Kier molecular flexibility index (Phi) is 10.5. The minimum Gasteiger partial charge on any atom is -0.378 e. The van der Waals surface area contributed by atoms with Crippen LogP contribution in [0.5, 0.6) is 0 Å². The first-order valence-corrected chi connectivity index (χ1v) is 14.6. The molecule has 42 heavy (non-hydrogen) atoms. The number of hydrogen-bond acceptors (Lipinski definition) is 10. The largest absolute Gasteiger partial charge is 0.378 e. The summed E-state index contributed by atoms with van der Waals surface area (Å²) in [6.07, 6.45) is 4.92. The van der Waals surface area contributed by atoms with Gasteiger partial charge in [0.05, 0.1) is 26.4 Å². The third-order valence-corrected chi connectivity index (χ3v) is 7.60. The van der Waals surface area contributed by atoms with E-state index >= 15 is 0 Å². The van der Waals surface area contributed by atoms with Crippen LogP contribution in [0.2, 0.25) is 0 Å². The molecule has 3 atom stereocenters. The first-order valence-electron chi connectivity index (χ1n) is 14.6. The van der Waals surface area contributed by atoms with Gasteiger partial charge in [-0.2, -0.15) is 15.0 Å². The monoisotopic (exact) mass is 578 g/mol. The van der Waals surface area contributed by atoms with Gasteiger partial charge in [0.15, 0.2) is 0 Å². The van der Waals surface area contributed by atoms with E-state index in [0.29, 0.717) is 87.1 Å². The number of rotatable bonds is 16. The molecule has 3 aromatic rings. The van der Waals surface area contributed by atoms with E-state index in [9.17, 15) is 9.18 Å². The third kappa shape index (κ3) is 8.57. The maximum Gasteiger partial charge on any atom is 0.251 e. The van der Waals surface area contributed by atoms with E-state index < -0.39 is 0 Å². The van der Waals surface area contributed by atoms with Crippen LogP contribution in [0.4, 0.5) is 27.9 Å². The summed E-state index contributed by atoms with van der Waals surface area (Å²) in [5, 5.41) is 12.9. The fourth-order valence-electron chi connectivity index (χ4n) is 5.56. The predicted octanol–water partition coefficient (Wildman–Crippen LogP) is 3.69. The standard InChI is InChI=1S/C30H39FN8O3/c31-24-8-5-20(6-9-24)19-34-28-37-29(39-30(38-28)36-26-17-21-4-7-22(26)16-21)35-25-3-1-2-23(18-25)27(40)33-11-13-42-15-14-41-12-10-32/h1-3,5-6,8-9,18,21-22,26H,4,7,10-17,19,32H2,(H,33,40)(H3,34,35,36,37,38,39). The fraction of sp³-hybridized carbons (Fsp3) is 0.467. The van der Waals surface area contributed by atoms with Gasteiger partial charge in [0.25, 0.3) is 5.91 Å². The van der Waals surface area contributed by atoms with Gasteiger partial charge in [0.1, 0.15) is 5.82 Å². The smallest absolute Gasteiger partial charge is 0.251 e. The van der Waals surface area contributed by atoms with Gasteiger partial charge in [0, 0.05) is 36.9 Å². The fourth-order valence-corrected chi connectivity index (χ4v) is 5.56. The summed E-state index contributed by atoms with van der Waals surface area (Å²) >= 11 is 0. The first kappa shape index (κ1) is 29.6. The molecular formula is C30H39FN8O3. The van der Waals surface area contributed by atoms with E-state index in [4.69, 9.17) is 15.2 Å². The Balaban J connectivity index is 1.21. The second-order valence-electron chi connectivity index (χ2n) is 10.7. The van der Waals surface area contributed by atoms with Crippen LogP contribution in [0.25, 0.3) is 0 Å². The molecule has 2 aromatic carbocycles. The van der Waals surface area contributed by atoms with Crippen LogP contribution in [0.3, 0.4) is 0 Å². The summed E-state index contributed by atoms with van der Waals surface area (Å²) < 4.78 is 24.1. The first-order chi connectivity index (χ1) is 20.6. The average Bonchev–Trinajstić information content (AvgIpc) is 3.62. The Labute approximate surface area is 245 Å². The van der Waals surface area contributed by atoms with Crippen molar-refractivity contribution in [1.82, 2.24) is 20.3 Å². The number of carbonyl (C=O) groups is 1. The summed E-state index contributed by atoms with van der Waals surface area (Å²) in [4.78, 5) is 26.5. The number of nitrogens with two attached hydrogens (primary N) is 1. The van der Waals surface area contributed by atoms with E-state index in [-0.39, 0.29) is 11.7 Å². The topological polar surface area (TPSA) is 148 Å². The quantitative estimate of drug-likeness (QED) is 0.159. The lowest BCUT2D eigenvalue weighted by Gasteiger charge is -2.23. The molecule has 1 aromatic heterocycles. The Morgan fingerprint density at radius 2 is 1.71 bits per heavy atom. The lowest BCUT2D eigenvalue weighted by molar-refractivity contribution is 0.0511. The van der Waals surface area contributed by atoms with Crippen molar-refractivity contribution in [3.63, 3.8) is 0 Å². The van der Waals surface area contributed by atoms with Crippen molar-refractivity contribution >= 4 is 29.4 Å². The van der Waals surface area contributed by atoms with E-state index in [1.54, 1.807) is 30.3 Å². The number of nitrogens with zero attached hydrogens (tertiary/aromatic N) is 3. The Bertz CT molecular complexity index is 1310. The van der Waals surface area contributed by atoms with Crippen LogP contribution in [-0.2, 0) is 16.0 Å². The van der Waals surface area contributed by atoms with Crippen molar-refractivity contribution in [2.24, 2.45) is 17.6 Å². The number of nitrogens with one attached hydrogen (secondary N) is 4. The van der Waals surface area contributed by atoms with Crippen LogP contribution in [0.15, 0.2) is 48.5 Å². The molecule has 1 heterocycles. The molecule has 0 radical (unpaired) electrons. The Morgan fingerprint density at radius 1 is 0.929 bits per heavy atom. The molecule has 2 fully saturated rings. The van der Waals surface area contributed by atoms with Gasteiger partial charge in [-0.15, -0.1) is 0 Å². The zero-order valence-electron chi connectivity index (χ0n) is 23.7. The number of hydrogen-bond donors (Lipinski definition) is 5. The van der Waals surface area contributed by atoms with Crippen molar-refractivity contribution in [3.8, 4) is 0 Å². The number of fused-ring (bicyclic) bond motifs is 2. The molecule has 2 aliphatic rings. The van der Waals surface area contributed by atoms with E-state index in [2.05, 4.69) is 36.2 Å². The van der Waals surface area contributed by atoms with Crippen LogP contribution in [-0.4, -0.2) is 66.4 Å². The van der Waals surface area contributed by atoms with Gasteiger partial charge in [-0.05, 0) is 67.0 Å². The molecule has 1 amide bonds. The second-order valence-corrected chi connectivity index (χ2v) is 10.7. The minimum absolute atomic E-state index is 0.211. The number of amides is 1. The number of aromatic nitrogens is 3. The summed E-state index contributed by atoms with van der Waals surface area (Å²) in [5.74, 6) is 2.16. The van der Waals surface area contributed by atoms with Crippen molar-refractivity contribution in [3.05, 3.63) is 65.5 Å². The number of halogens is 1. The van der Waals surface area contributed by atoms with Crippen molar-refractivity contribution in [2.45, 2.75) is 38.3 Å². The molecule has 224 valence electrons. The van der Waals surface area contributed by atoms with Gasteiger partial charge in [-0.3, -0.25) is 4.79 Å². The highest BCUT2D eigenvalue weighted by Gasteiger charge is 2.39. The van der Waals surface area contributed by atoms with E-state index in [1.807, 2.05) is 6.07 Å². The predicted molar refractivity (Wildman–Crippen MR) is 159 cm³/mol. The number of carbonyl (C=O) groups excluding carboxylic acids is 1. The molecule has 2 bridgehead atoms. The molecule has 0 saturated heterocycles. The maximum absolute atomic E-state index is 13.3. The van der Waals surface area contributed by atoms with Gasteiger partial charge in [-0.1, -0.05) is 24.6 Å².